The van der Waals surface area contributed by atoms with Crippen molar-refractivity contribution in [2.24, 2.45) is 0 Å². The molecule has 37 heavy (non-hydrogen) atoms. The zero-order valence-electron chi connectivity index (χ0n) is 20.1. The molecule has 3 heterocycles. The van der Waals surface area contributed by atoms with Crippen molar-refractivity contribution in [2.45, 2.75) is 57.8 Å². The fourth-order valence-electron chi connectivity index (χ4n) is 3.32. The van der Waals surface area contributed by atoms with Gasteiger partial charge in [0, 0.05) is 6.42 Å². The molecule has 0 saturated carbocycles. The van der Waals surface area contributed by atoms with Crippen LogP contribution in [-0.2, 0) is 30.3 Å². The highest BCUT2D eigenvalue weighted by Crippen LogP contribution is 2.31. The summed E-state index contributed by atoms with van der Waals surface area (Å²) in [5.74, 6) is -3.40. The molecule has 3 rings (SSSR count). The molecule has 1 aliphatic heterocycles. The summed E-state index contributed by atoms with van der Waals surface area (Å²) in [7, 11) is 0. The molecule has 1 saturated heterocycles. The van der Waals surface area contributed by atoms with E-state index < -0.39 is 65.7 Å². The number of amides is 1. The quantitative estimate of drug-likeness (QED) is 0.393. The highest BCUT2D eigenvalue weighted by atomic mass is 19.1. The number of hydrogen-bond donors (Lipinski definition) is 3. The molecule has 0 spiro atoms. The number of rotatable bonds is 9. The third-order valence-corrected chi connectivity index (χ3v) is 4.91. The number of nitrogens with zero attached hydrogens (tertiary/aromatic N) is 1. The molecule has 2 aromatic rings. The van der Waals surface area contributed by atoms with Crippen LogP contribution in [0.4, 0.5) is 9.18 Å². The largest absolute Gasteiger partial charge is 0.475 e. The number of esters is 1. The zero-order chi connectivity index (χ0) is 27.3. The number of aromatic nitrogens is 2. The first-order chi connectivity index (χ1) is 17.3. The maximum absolute atomic E-state index is 13.8. The highest BCUT2D eigenvalue weighted by Gasteiger charge is 2.39. The van der Waals surface area contributed by atoms with Crippen molar-refractivity contribution < 1.29 is 47.2 Å². The van der Waals surface area contributed by atoms with Crippen LogP contribution in [0.25, 0.3) is 0 Å². The standard InChI is InChI=1S/C22H26FN3O11/c1-22(2,3)37-21(32)24-7-17(27)34-10-15-14(33-9-11-4-5-13(35-11)19(29)30)6-16(36-15)26-8-12(23)18(28)25-20(26)31/h4-5,8,14-16H,6-7,9-10H2,1-3H3,(H,24,32)(H,29,30)(H,25,28,31)/t14?,15-,16-/m0/s1. The number of carbonyl (C=O) groups is 3. The molecule has 3 atom stereocenters. The predicted molar refractivity (Wildman–Crippen MR) is 119 cm³/mol. The second-order valence-corrected chi connectivity index (χ2v) is 8.97. The van der Waals surface area contributed by atoms with Gasteiger partial charge in [-0.1, -0.05) is 0 Å². The number of aromatic carboxylic acids is 1. The van der Waals surface area contributed by atoms with Crippen LogP contribution in [0.2, 0.25) is 0 Å². The van der Waals surface area contributed by atoms with Gasteiger partial charge in [-0.3, -0.25) is 19.1 Å². The first-order valence-electron chi connectivity index (χ1n) is 11.0. The number of ether oxygens (including phenoxy) is 4. The van der Waals surface area contributed by atoms with Crippen LogP contribution in [0.1, 0.15) is 49.7 Å². The van der Waals surface area contributed by atoms with Gasteiger partial charge in [0.25, 0.3) is 5.56 Å². The zero-order valence-corrected chi connectivity index (χ0v) is 20.1. The van der Waals surface area contributed by atoms with E-state index in [1.807, 2.05) is 4.98 Å². The van der Waals surface area contributed by atoms with Gasteiger partial charge in [0.15, 0.2) is 0 Å². The smallest absolute Gasteiger partial charge is 0.408 e. The molecule has 0 bridgehead atoms. The summed E-state index contributed by atoms with van der Waals surface area (Å²) in [4.78, 5) is 60.1. The molecule has 0 aromatic carbocycles. The van der Waals surface area contributed by atoms with E-state index in [1.54, 1.807) is 20.8 Å². The number of carboxylic acid groups (broad SMARTS) is 1. The molecule has 15 heteroatoms. The van der Waals surface area contributed by atoms with Crippen molar-refractivity contribution in [3.05, 3.63) is 56.5 Å². The molecule has 202 valence electrons. The summed E-state index contributed by atoms with van der Waals surface area (Å²) < 4.78 is 41.4. The van der Waals surface area contributed by atoms with Crippen molar-refractivity contribution in [3.63, 3.8) is 0 Å². The fourth-order valence-corrected chi connectivity index (χ4v) is 3.32. The number of halogens is 1. The lowest BCUT2D eigenvalue weighted by Crippen LogP contribution is -2.37. The van der Waals surface area contributed by atoms with Crippen molar-refractivity contribution in [3.8, 4) is 0 Å². The van der Waals surface area contributed by atoms with Crippen LogP contribution < -0.4 is 16.6 Å². The second kappa shape index (κ2) is 11.4. The molecule has 14 nitrogen and oxygen atoms in total. The van der Waals surface area contributed by atoms with E-state index in [0.717, 1.165) is 4.57 Å². The maximum Gasteiger partial charge on any atom is 0.408 e. The monoisotopic (exact) mass is 527 g/mol. The number of furan rings is 1. The molecule has 0 aliphatic carbocycles. The normalized spacial score (nSPS) is 19.4. The Morgan fingerprint density at radius 1 is 1.27 bits per heavy atom. The third kappa shape index (κ3) is 7.75. The Balaban J connectivity index is 1.65. The van der Waals surface area contributed by atoms with E-state index >= 15 is 0 Å². The minimum Gasteiger partial charge on any atom is -0.475 e. The van der Waals surface area contributed by atoms with Gasteiger partial charge >= 0.3 is 23.7 Å². The fraction of sp³-hybridized carbons (Fsp3) is 0.500. The lowest BCUT2D eigenvalue weighted by atomic mass is 10.2. The Morgan fingerprint density at radius 3 is 2.65 bits per heavy atom. The Morgan fingerprint density at radius 2 is 2.00 bits per heavy atom. The van der Waals surface area contributed by atoms with Crippen molar-refractivity contribution >= 4 is 18.0 Å². The first-order valence-corrected chi connectivity index (χ1v) is 11.0. The topological polar surface area (TPSA) is 188 Å². The number of aromatic amines is 1. The predicted octanol–water partition coefficient (Wildman–Crippen LogP) is 0.908. The van der Waals surface area contributed by atoms with Crippen LogP contribution in [0.3, 0.4) is 0 Å². The molecule has 0 radical (unpaired) electrons. The minimum atomic E-state index is -1.26. The van der Waals surface area contributed by atoms with E-state index in [9.17, 15) is 28.4 Å². The molecule has 1 amide bonds. The first kappa shape index (κ1) is 27.6. The summed E-state index contributed by atoms with van der Waals surface area (Å²) in [5, 5.41) is 11.2. The van der Waals surface area contributed by atoms with Gasteiger partial charge in [-0.05, 0) is 32.9 Å². The van der Waals surface area contributed by atoms with Crippen LogP contribution >= 0.6 is 0 Å². The summed E-state index contributed by atoms with van der Waals surface area (Å²) in [6.07, 6.45) is -3.01. The maximum atomic E-state index is 13.8. The SMILES string of the molecule is CC(C)(C)OC(=O)NCC(=O)OC[C@@H]1O[C@H](n2cc(F)c(=O)[nH]c2=O)CC1OCc1ccc(C(=O)O)o1. The van der Waals surface area contributed by atoms with E-state index in [4.69, 9.17) is 28.5 Å². The van der Waals surface area contributed by atoms with Gasteiger partial charge in [0.2, 0.25) is 11.6 Å². The van der Waals surface area contributed by atoms with Crippen LogP contribution in [0.5, 0.6) is 0 Å². The lowest BCUT2D eigenvalue weighted by molar-refractivity contribution is -0.150. The molecular weight excluding hydrogens is 501 g/mol. The average molecular weight is 527 g/mol. The van der Waals surface area contributed by atoms with Crippen LogP contribution in [-0.4, -0.2) is 63.7 Å². The van der Waals surface area contributed by atoms with E-state index in [0.29, 0.717) is 6.20 Å². The number of carboxylic acids is 1. The van der Waals surface area contributed by atoms with Crippen LogP contribution in [0, 0.1) is 5.82 Å². The van der Waals surface area contributed by atoms with Gasteiger partial charge in [-0.25, -0.2) is 14.4 Å². The van der Waals surface area contributed by atoms with E-state index in [2.05, 4.69) is 5.32 Å². The minimum absolute atomic E-state index is 0.0176. The average Bonchev–Trinajstić information content (AvgIpc) is 3.43. The summed E-state index contributed by atoms with van der Waals surface area (Å²) in [6.45, 7) is 3.92. The Hall–Kier alpha value is -3.98. The number of alkyl carbamates (subject to hydrolysis) is 1. The number of H-pyrrole nitrogens is 1. The summed E-state index contributed by atoms with van der Waals surface area (Å²) >= 11 is 0. The molecule has 1 unspecified atom stereocenters. The van der Waals surface area contributed by atoms with Gasteiger partial charge in [0.1, 0.15) is 43.5 Å². The molecular formula is C22H26FN3O11. The second-order valence-electron chi connectivity index (χ2n) is 8.97. The third-order valence-electron chi connectivity index (χ3n) is 4.91. The Kier molecular flexibility index (Phi) is 8.49. The Labute approximate surface area is 208 Å². The number of nitrogens with one attached hydrogen (secondary N) is 2. The summed E-state index contributed by atoms with van der Waals surface area (Å²) in [6, 6.07) is 2.64. The van der Waals surface area contributed by atoms with E-state index in [1.165, 1.54) is 12.1 Å². The Bertz CT molecular complexity index is 1260. The molecule has 1 aliphatic rings. The molecule has 1 fully saturated rings. The van der Waals surface area contributed by atoms with E-state index in [-0.39, 0.29) is 31.2 Å². The molecule has 2 aromatic heterocycles. The number of carbonyl (C=O) groups excluding carboxylic acids is 2. The van der Waals surface area contributed by atoms with Gasteiger partial charge in [-0.15, -0.1) is 0 Å². The van der Waals surface area contributed by atoms with Gasteiger partial charge < -0.3 is 33.8 Å². The van der Waals surface area contributed by atoms with Gasteiger partial charge in [-0.2, -0.15) is 4.39 Å². The summed E-state index contributed by atoms with van der Waals surface area (Å²) in [5.41, 5.74) is -2.88. The number of hydrogen-bond acceptors (Lipinski definition) is 10. The van der Waals surface area contributed by atoms with Crippen molar-refractivity contribution in [1.29, 1.82) is 0 Å². The lowest BCUT2D eigenvalue weighted by Gasteiger charge is -2.20. The highest BCUT2D eigenvalue weighted by molar-refractivity contribution is 5.84. The molecule has 3 N–H and O–H groups in total. The van der Waals surface area contributed by atoms with Gasteiger partial charge in [0.05, 0.1) is 12.3 Å². The van der Waals surface area contributed by atoms with Crippen molar-refractivity contribution in [1.82, 2.24) is 14.9 Å². The van der Waals surface area contributed by atoms with Crippen LogP contribution in [0.15, 0.2) is 32.3 Å². The van der Waals surface area contributed by atoms with Crippen molar-refractivity contribution in [2.75, 3.05) is 13.2 Å².